The van der Waals surface area contributed by atoms with Gasteiger partial charge in [0, 0.05) is 11.4 Å². The van der Waals surface area contributed by atoms with E-state index in [-0.39, 0.29) is 11.9 Å². The first kappa shape index (κ1) is 16.1. The summed E-state index contributed by atoms with van der Waals surface area (Å²) in [4.78, 5) is 12.2. The molecule has 0 spiro atoms. The van der Waals surface area contributed by atoms with Crippen LogP contribution in [0, 0.1) is 6.92 Å². The number of carbonyl (C=O) groups excluding carboxylic acids is 1. The van der Waals surface area contributed by atoms with Crippen molar-refractivity contribution >= 4 is 17.3 Å². The molecular formula is C19H24N2O. The lowest BCUT2D eigenvalue weighted by Crippen LogP contribution is -2.31. The highest BCUT2D eigenvalue weighted by Crippen LogP contribution is 2.17. The molecule has 0 bridgehead atoms. The summed E-state index contributed by atoms with van der Waals surface area (Å²) < 4.78 is 0. The van der Waals surface area contributed by atoms with Crippen LogP contribution in [0.2, 0.25) is 0 Å². The van der Waals surface area contributed by atoms with Gasteiger partial charge in [-0.2, -0.15) is 0 Å². The summed E-state index contributed by atoms with van der Waals surface area (Å²) >= 11 is 0. The predicted molar refractivity (Wildman–Crippen MR) is 93.4 cm³/mol. The Hall–Kier alpha value is -2.29. The van der Waals surface area contributed by atoms with Crippen LogP contribution >= 0.6 is 0 Å². The first-order valence-corrected chi connectivity index (χ1v) is 7.69. The number of carbonyl (C=O) groups is 1. The van der Waals surface area contributed by atoms with Gasteiger partial charge in [-0.1, -0.05) is 43.7 Å². The highest BCUT2D eigenvalue weighted by molar-refractivity contribution is 5.96. The molecule has 1 atom stereocenters. The minimum absolute atomic E-state index is 0.0436. The Labute approximate surface area is 132 Å². The van der Waals surface area contributed by atoms with Crippen LogP contribution < -0.4 is 10.6 Å². The molecule has 0 unspecified atom stereocenters. The number of benzene rings is 2. The summed E-state index contributed by atoms with van der Waals surface area (Å²) in [6.45, 7) is 8.21. The first-order chi connectivity index (χ1) is 10.5. The number of amides is 1. The van der Waals surface area contributed by atoms with Crippen LogP contribution in [0.25, 0.3) is 0 Å². The van der Waals surface area contributed by atoms with E-state index >= 15 is 0 Å². The van der Waals surface area contributed by atoms with Crippen LogP contribution in [0.1, 0.15) is 37.8 Å². The highest BCUT2D eigenvalue weighted by atomic mass is 16.2. The number of nitrogens with one attached hydrogen (secondary N) is 2. The number of anilines is 2. The molecule has 2 aromatic carbocycles. The third kappa shape index (κ3) is 4.35. The van der Waals surface area contributed by atoms with Gasteiger partial charge in [0.25, 0.3) is 0 Å². The van der Waals surface area contributed by atoms with Crippen molar-refractivity contribution in [2.75, 3.05) is 10.6 Å². The fraction of sp³-hybridized carbons (Fsp3) is 0.316. The second-order valence-electron chi connectivity index (χ2n) is 6.00. The standard InChI is InChI=1S/C19H24N2O/c1-13(2)16-7-11-18(12-8-16)21-19(22)15(4)20-17-9-5-14(3)6-10-17/h5-13,15,20H,1-4H3,(H,21,22)/t15-/m0/s1. The number of hydrogen-bond acceptors (Lipinski definition) is 2. The summed E-state index contributed by atoms with van der Waals surface area (Å²) in [5.74, 6) is 0.449. The molecule has 0 fully saturated rings. The van der Waals surface area contributed by atoms with Gasteiger partial charge in [0.1, 0.15) is 6.04 Å². The normalized spacial score (nSPS) is 12.0. The summed E-state index contributed by atoms with van der Waals surface area (Å²) in [5.41, 5.74) is 4.24. The van der Waals surface area contributed by atoms with E-state index in [9.17, 15) is 4.79 Å². The Kier molecular flexibility index (Phi) is 5.21. The van der Waals surface area contributed by atoms with Crippen LogP contribution in [0.5, 0.6) is 0 Å². The van der Waals surface area contributed by atoms with Crippen LogP contribution in [-0.2, 0) is 4.79 Å². The van der Waals surface area contributed by atoms with Crippen LogP contribution in [0.3, 0.4) is 0 Å². The van der Waals surface area contributed by atoms with Crippen LogP contribution in [0.15, 0.2) is 48.5 Å². The van der Waals surface area contributed by atoms with E-state index in [0.29, 0.717) is 5.92 Å². The van der Waals surface area contributed by atoms with Gasteiger partial charge in [0.2, 0.25) is 5.91 Å². The molecule has 1 amide bonds. The van der Waals surface area contributed by atoms with E-state index in [1.54, 1.807) is 0 Å². The van der Waals surface area contributed by atoms with Gasteiger partial charge < -0.3 is 10.6 Å². The molecule has 22 heavy (non-hydrogen) atoms. The maximum absolute atomic E-state index is 12.2. The fourth-order valence-electron chi connectivity index (χ4n) is 2.17. The molecule has 0 aliphatic carbocycles. The molecule has 0 radical (unpaired) electrons. The van der Waals surface area contributed by atoms with Crippen LogP contribution in [0.4, 0.5) is 11.4 Å². The summed E-state index contributed by atoms with van der Waals surface area (Å²) in [6.07, 6.45) is 0. The molecule has 3 nitrogen and oxygen atoms in total. The molecular weight excluding hydrogens is 272 g/mol. The van der Waals surface area contributed by atoms with Gasteiger partial charge in [-0.25, -0.2) is 0 Å². The van der Waals surface area contributed by atoms with E-state index in [1.165, 1.54) is 11.1 Å². The average Bonchev–Trinajstić information content (AvgIpc) is 2.50. The third-order valence-electron chi connectivity index (χ3n) is 3.67. The van der Waals surface area contributed by atoms with Gasteiger partial charge in [-0.3, -0.25) is 4.79 Å². The largest absolute Gasteiger partial charge is 0.374 e. The Morgan fingerprint density at radius 1 is 0.864 bits per heavy atom. The summed E-state index contributed by atoms with van der Waals surface area (Å²) in [7, 11) is 0. The molecule has 0 saturated carbocycles. The molecule has 0 aliphatic heterocycles. The van der Waals surface area contributed by atoms with Gasteiger partial charge >= 0.3 is 0 Å². The highest BCUT2D eigenvalue weighted by Gasteiger charge is 2.12. The van der Waals surface area contributed by atoms with Crippen molar-refractivity contribution in [2.45, 2.75) is 39.7 Å². The zero-order chi connectivity index (χ0) is 16.1. The van der Waals surface area contributed by atoms with Gasteiger partial charge in [-0.05, 0) is 49.6 Å². The van der Waals surface area contributed by atoms with E-state index in [2.05, 4.69) is 36.6 Å². The minimum atomic E-state index is -0.299. The van der Waals surface area contributed by atoms with Crippen LogP contribution in [-0.4, -0.2) is 11.9 Å². The molecule has 3 heteroatoms. The maximum Gasteiger partial charge on any atom is 0.246 e. The van der Waals surface area contributed by atoms with Crippen molar-refractivity contribution < 1.29 is 4.79 Å². The smallest absolute Gasteiger partial charge is 0.246 e. The van der Waals surface area contributed by atoms with Crippen molar-refractivity contribution in [1.82, 2.24) is 0 Å². The molecule has 116 valence electrons. The Morgan fingerprint density at radius 2 is 1.41 bits per heavy atom. The molecule has 0 aliphatic rings. The molecule has 2 rings (SSSR count). The molecule has 2 aromatic rings. The summed E-state index contributed by atoms with van der Waals surface area (Å²) in [6, 6.07) is 15.7. The van der Waals surface area contributed by atoms with Crippen molar-refractivity contribution in [1.29, 1.82) is 0 Å². The first-order valence-electron chi connectivity index (χ1n) is 7.69. The Morgan fingerprint density at radius 3 is 1.95 bits per heavy atom. The van der Waals surface area contributed by atoms with Gasteiger partial charge in [-0.15, -0.1) is 0 Å². The van der Waals surface area contributed by atoms with E-state index in [0.717, 1.165) is 11.4 Å². The van der Waals surface area contributed by atoms with Gasteiger partial charge in [0.05, 0.1) is 0 Å². The summed E-state index contributed by atoms with van der Waals surface area (Å²) in [5, 5.41) is 6.14. The number of rotatable bonds is 5. The van der Waals surface area contributed by atoms with Crippen molar-refractivity contribution in [3.05, 3.63) is 59.7 Å². The average molecular weight is 296 g/mol. The zero-order valence-corrected chi connectivity index (χ0v) is 13.7. The Bertz CT molecular complexity index is 615. The maximum atomic E-state index is 12.2. The second-order valence-corrected chi connectivity index (χ2v) is 6.00. The Balaban J connectivity index is 1.94. The fourth-order valence-corrected chi connectivity index (χ4v) is 2.17. The SMILES string of the molecule is Cc1ccc(N[C@@H](C)C(=O)Nc2ccc(C(C)C)cc2)cc1. The topological polar surface area (TPSA) is 41.1 Å². The lowest BCUT2D eigenvalue weighted by Gasteiger charge is -2.16. The third-order valence-corrected chi connectivity index (χ3v) is 3.67. The van der Waals surface area contributed by atoms with Crippen molar-refractivity contribution in [3.63, 3.8) is 0 Å². The van der Waals surface area contributed by atoms with Crippen molar-refractivity contribution in [2.24, 2.45) is 0 Å². The minimum Gasteiger partial charge on any atom is -0.374 e. The van der Waals surface area contributed by atoms with Crippen molar-refractivity contribution in [3.8, 4) is 0 Å². The van der Waals surface area contributed by atoms with Gasteiger partial charge in [0.15, 0.2) is 0 Å². The number of hydrogen-bond donors (Lipinski definition) is 2. The quantitative estimate of drug-likeness (QED) is 0.849. The molecule has 0 saturated heterocycles. The molecule has 0 aromatic heterocycles. The monoisotopic (exact) mass is 296 g/mol. The second kappa shape index (κ2) is 7.12. The number of aryl methyl sites for hydroxylation is 1. The lowest BCUT2D eigenvalue weighted by molar-refractivity contribution is -0.116. The predicted octanol–water partition coefficient (Wildman–Crippen LogP) is 4.56. The van der Waals surface area contributed by atoms with E-state index in [1.807, 2.05) is 50.2 Å². The lowest BCUT2D eigenvalue weighted by atomic mass is 10.0. The van der Waals surface area contributed by atoms with E-state index in [4.69, 9.17) is 0 Å². The zero-order valence-electron chi connectivity index (χ0n) is 13.7. The molecule has 2 N–H and O–H groups in total. The van der Waals surface area contributed by atoms with E-state index < -0.39 is 0 Å². The molecule has 0 heterocycles.